The number of nitrogens with one attached hydrogen (secondary N) is 1. The molecule has 112 valence electrons. The number of likely N-dealkylation sites (tertiary alicyclic amines) is 1. The topological polar surface area (TPSA) is 41.6 Å². The first-order valence-electron chi connectivity index (χ1n) is 7.43. The van der Waals surface area contributed by atoms with Gasteiger partial charge in [0.05, 0.1) is 0 Å². The van der Waals surface area contributed by atoms with Gasteiger partial charge in [-0.3, -0.25) is 0 Å². The molecule has 0 aliphatic carbocycles. The van der Waals surface area contributed by atoms with Crippen molar-refractivity contribution in [3.63, 3.8) is 0 Å². The number of hydrogen-bond donors (Lipinski definition) is 1. The van der Waals surface area contributed by atoms with E-state index in [1.807, 2.05) is 25.7 Å². The molecule has 0 aromatic rings. The molecule has 1 amide bonds. The SMILES string of the molecule is CC(C)N[C@@H](C)C1CCN(C(=O)OC(C)(C)C)CC1. The lowest BCUT2D eigenvalue weighted by Gasteiger charge is -2.36. The monoisotopic (exact) mass is 270 g/mol. The number of ether oxygens (including phenoxy) is 1. The van der Waals surface area contributed by atoms with Gasteiger partial charge >= 0.3 is 6.09 Å². The van der Waals surface area contributed by atoms with Gasteiger partial charge in [0.15, 0.2) is 0 Å². The Labute approximate surface area is 117 Å². The second-order valence-corrected chi connectivity index (χ2v) is 6.91. The maximum absolute atomic E-state index is 12.0. The third-order valence-corrected chi connectivity index (χ3v) is 3.49. The van der Waals surface area contributed by atoms with E-state index in [0.717, 1.165) is 25.9 Å². The number of rotatable bonds is 3. The summed E-state index contributed by atoms with van der Waals surface area (Å²) in [6.07, 6.45) is 1.94. The maximum atomic E-state index is 12.0. The van der Waals surface area contributed by atoms with Gasteiger partial charge in [-0.1, -0.05) is 13.8 Å². The normalized spacial score (nSPS) is 19.6. The van der Waals surface area contributed by atoms with Crippen LogP contribution in [0.4, 0.5) is 4.79 Å². The standard InChI is InChI=1S/C15H30N2O2/c1-11(2)16-12(3)13-7-9-17(10-8-13)14(18)19-15(4,5)6/h11-13,16H,7-10H2,1-6H3/t12-/m0/s1. The first kappa shape index (κ1) is 16.3. The Balaban J connectivity index is 2.38. The quantitative estimate of drug-likeness (QED) is 0.857. The fraction of sp³-hybridized carbons (Fsp3) is 0.933. The number of amides is 1. The summed E-state index contributed by atoms with van der Waals surface area (Å²) in [5.41, 5.74) is -0.402. The average molecular weight is 270 g/mol. The van der Waals surface area contributed by atoms with Crippen LogP contribution in [0.25, 0.3) is 0 Å². The molecule has 19 heavy (non-hydrogen) atoms. The summed E-state index contributed by atoms with van der Waals surface area (Å²) in [4.78, 5) is 13.8. The van der Waals surface area contributed by atoms with E-state index in [-0.39, 0.29) is 6.09 Å². The molecule has 0 radical (unpaired) electrons. The second kappa shape index (κ2) is 6.60. The number of carbonyl (C=O) groups is 1. The van der Waals surface area contributed by atoms with E-state index in [0.29, 0.717) is 18.0 Å². The van der Waals surface area contributed by atoms with Gasteiger partial charge in [-0.2, -0.15) is 0 Å². The Morgan fingerprint density at radius 1 is 1.21 bits per heavy atom. The van der Waals surface area contributed by atoms with Crippen LogP contribution >= 0.6 is 0 Å². The van der Waals surface area contributed by atoms with Crippen molar-refractivity contribution in [2.45, 2.75) is 72.1 Å². The zero-order valence-corrected chi connectivity index (χ0v) is 13.3. The minimum absolute atomic E-state index is 0.171. The van der Waals surface area contributed by atoms with Crippen LogP contribution in [0.5, 0.6) is 0 Å². The van der Waals surface area contributed by atoms with Crippen molar-refractivity contribution >= 4 is 6.09 Å². The minimum Gasteiger partial charge on any atom is -0.444 e. The van der Waals surface area contributed by atoms with E-state index in [4.69, 9.17) is 4.74 Å². The Morgan fingerprint density at radius 3 is 2.16 bits per heavy atom. The van der Waals surface area contributed by atoms with Gasteiger partial charge in [0.25, 0.3) is 0 Å². The predicted octanol–water partition coefficient (Wildman–Crippen LogP) is 3.02. The highest BCUT2D eigenvalue weighted by atomic mass is 16.6. The molecule has 0 aromatic carbocycles. The van der Waals surface area contributed by atoms with Gasteiger partial charge in [0.1, 0.15) is 5.60 Å². The molecule has 1 saturated heterocycles. The molecule has 0 aromatic heterocycles. The molecular weight excluding hydrogens is 240 g/mol. The van der Waals surface area contributed by atoms with Crippen molar-refractivity contribution in [2.24, 2.45) is 5.92 Å². The number of hydrogen-bond acceptors (Lipinski definition) is 3. The molecule has 1 fully saturated rings. The Kier molecular flexibility index (Phi) is 5.65. The van der Waals surface area contributed by atoms with Crippen molar-refractivity contribution < 1.29 is 9.53 Å². The van der Waals surface area contributed by atoms with E-state index in [9.17, 15) is 4.79 Å². The molecular formula is C15H30N2O2. The van der Waals surface area contributed by atoms with Crippen LogP contribution in [0.2, 0.25) is 0 Å². The third-order valence-electron chi connectivity index (χ3n) is 3.49. The van der Waals surface area contributed by atoms with Crippen molar-refractivity contribution in [1.82, 2.24) is 10.2 Å². The Bertz CT molecular complexity index is 289. The van der Waals surface area contributed by atoms with Crippen LogP contribution in [0.1, 0.15) is 54.4 Å². The molecule has 4 heteroatoms. The van der Waals surface area contributed by atoms with E-state index in [1.54, 1.807) is 0 Å². The van der Waals surface area contributed by atoms with Gasteiger partial charge in [0, 0.05) is 25.2 Å². The van der Waals surface area contributed by atoms with Crippen molar-refractivity contribution in [3.8, 4) is 0 Å². The fourth-order valence-corrected chi connectivity index (χ4v) is 2.57. The van der Waals surface area contributed by atoms with E-state index in [1.165, 1.54) is 0 Å². The molecule has 0 spiro atoms. The summed E-state index contributed by atoms with van der Waals surface area (Å²) in [6, 6.07) is 1.03. The predicted molar refractivity (Wildman–Crippen MR) is 78.3 cm³/mol. The number of carbonyl (C=O) groups excluding carboxylic acids is 1. The summed E-state index contributed by atoms with van der Waals surface area (Å²) in [7, 11) is 0. The first-order chi connectivity index (χ1) is 8.69. The zero-order chi connectivity index (χ0) is 14.6. The van der Waals surface area contributed by atoms with E-state index in [2.05, 4.69) is 26.1 Å². The number of piperidine rings is 1. The molecule has 1 rings (SSSR count). The molecule has 1 heterocycles. The van der Waals surface area contributed by atoms with Crippen molar-refractivity contribution in [2.75, 3.05) is 13.1 Å². The third kappa shape index (κ3) is 5.81. The molecule has 4 nitrogen and oxygen atoms in total. The van der Waals surface area contributed by atoms with Crippen molar-refractivity contribution in [1.29, 1.82) is 0 Å². The molecule has 1 aliphatic rings. The van der Waals surface area contributed by atoms with Crippen LogP contribution in [-0.2, 0) is 4.74 Å². The zero-order valence-electron chi connectivity index (χ0n) is 13.3. The van der Waals surface area contributed by atoms with Gasteiger partial charge in [-0.25, -0.2) is 4.79 Å². The lowest BCUT2D eigenvalue weighted by Crippen LogP contribution is -2.46. The van der Waals surface area contributed by atoms with Gasteiger partial charge in [-0.05, 0) is 46.5 Å². The molecule has 0 saturated carbocycles. The highest BCUT2D eigenvalue weighted by Gasteiger charge is 2.29. The smallest absolute Gasteiger partial charge is 0.410 e. The van der Waals surface area contributed by atoms with Gasteiger partial charge in [-0.15, -0.1) is 0 Å². The average Bonchev–Trinajstić information content (AvgIpc) is 2.26. The Hall–Kier alpha value is -0.770. The van der Waals surface area contributed by atoms with Crippen LogP contribution in [0, 0.1) is 5.92 Å². The van der Waals surface area contributed by atoms with E-state index < -0.39 is 5.60 Å². The molecule has 1 atom stereocenters. The molecule has 0 unspecified atom stereocenters. The molecule has 1 N–H and O–H groups in total. The van der Waals surface area contributed by atoms with Crippen LogP contribution < -0.4 is 5.32 Å². The van der Waals surface area contributed by atoms with Crippen LogP contribution in [0.3, 0.4) is 0 Å². The highest BCUT2D eigenvalue weighted by Crippen LogP contribution is 2.22. The van der Waals surface area contributed by atoms with E-state index >= 15 is 0 Å². The Morgan fingerprint density at radius 2 is 1.74 bits per heavy atom. The second-order valence-electron chi connectivity index (χ2n) is 6.91. The lowest BCUT2D eigenvalue weighted by atomic mass is 9.90. The summed E-state index contributed by atoms with van der Waals surface area (Å²) < 4.78 is 5.41. The lowest BCUT2D eigenvalue weighted by molar-refractivity contribution is 0.0170. The number of nitrogens with zero attached hydrogens (tertiary/aromatic N) is 1. The van der Waals surface area contributed by atoms with Crippen molar-refractivity contribution in [3.05, 3.63) is 0 Å². The van der Waals surface area contributed by atoms with Gasteiger partial charge in [0.2, 0.25) is 0 Å². The van der Waals surface area contributed by atoms with Crippen LogP contribution in [0.15, 0.2) is 0 Å². The van der Waals surface area contributed by atoms with Crippen LogP contribution in [-0.4, -0.2) is 41.8 Å². The highest BCUT2D eigenvalue weighted by molar-refractivity contribution is 5.68. The maximum Gasteiger partial charge on any atom is 0.410 e. The first-order valence-corrected chi connectivity index (χ1v) is 7.43. The summed E-state index contributed by atoms with van der Waals surface area (Å²) in [6.45, 7) is 13.9. The summed E-state index contributed by atoms with van der Waals surface area (Å²) in [5, 5.41) is 3.56. The fourth-order valence-electron chi connectivity index (χ4n) is 2.57. The summed E-state index contributed by atoms with van der Waals surface area (Å²) >= 11 is 0. The largest absolute Gasteiger partial charge is 0.444 e. The molecule has 0 bridgehead atoms. The summed E-state index contributed by atoms with van der Waals surface area (Å²) in [5.74, 6) is 0.654. The molecule has 1 aliphatic heterocycles. The minimum atomic E-state index is -0.402. The van der Waals surface area contributed by atoms with Gasteiger partial charge < -0.3 is 15.0 Å².